The lowest BCUT2D eigenvalue weighted by Gasteiger charge is -2.09. The zero-order valence-electron chi connectivity index (χ0n) is 15.2. The minimum absolute atomic E-state index is 0.147. The number of aromatic nitrogens is 2. The number of esters is 1. The first kappa shape index (κ1) is 19.4. The molecular weight excluding hydrogens is 384 g/mol. The van der Waals surface area contributed by atoms with Crippen molar-refractivity contribution >= 4 is 23.6 Å². The second-order valence-electron chi connectivity index (χ2n) is 5.55. The zero-order valence-corrected chi connectivity index (χ0v) is 16.0. The van der Waals surface area contributed by atoms with Gasteiger partial charge in [-0.2, -0.15) is 4.98 Å². The van der Waals surface area contributed by atoms with E-state index in [0.717, 1.165) is 0 Å². The first-order chi connectivity index (χ1) is 13.6. The van der Waals surface area contributed by atoms with Crippen LogP contribution >= 0.6 is 11.6 Å². The van der Waals surface area contributed by atoms with Gasteiger partial charge < -0.3 is 18.7 Å². The number of benzene rings is 2. The van der Waals surface area contributed by atoms with Crippen LogP contribution in [-0.4, -0.2) is 30.3 Å². The number of hydrogen-bond donors (Lipinski definition) is 0. The van der Waals surface area contributed by atoms with Crippen molar-refractivity contribution in [2.24, 2.45) is 0 Å². The van der Waals surface area contributed by atoms with E-state index in [2.05, 4.69) is 10.1 Å². The number of rotatable bonds is 7. The molecule has 1 aromatic heterocycles. The van der Waals surface area contributed by atoms with Gasteiger partial charge in [0.1, 0.15) is 0 Å². The van der Waals surface area contributed by atoms with Crippen LogP contribution in [0.4, 0.5) is 0 Å². The van der Waals surface area contributed by atoms with Gasteiger partial charge in [0.15, 0.2) is 18.1 Å². The summed E-state index contributed by atoms with van der Waals surface area (Å²) in [5, 5.41) is 4.42. The van der Waals surface area contributed by atoms with E-state index in [1.807, 2.05) is 0 Å². The van der Waals surface area contributed by atoms with Crippen LogP contribution in [0.3, 0.4) is 0 Å². The van der Waals surface area contributed by atoms with Crippen molar-refractivity contribution < 1.29 is 23.5 Å². The van der Waals surface area contributed by atoms with Crippen LogP contribution in [0.15, 0.2) is 53.1 Å². The summed E-state index contributed by atoms with van der Waals surface area (Å²) in [4.78, 5) is 16.2. The van der Waals surface area contributed by atoms with Gasteiger partial charge in [-0.05, 0) is 24.3 Å². The van der Waals surface area contributed by atoms with Crippen molar-refractivity contribution in [2.75, 3.05) is 14.2 Å². The number of methoxy groups -OCH3 is 2. The average molecular weight is 401 g/mol. The van der Waals surface area contributed by atoms with Crippen LogP contribution in [0.1, 0.15) is 11.5 Å². The third-order valence-electron chi connectivity index (χ3n) is 3.72. The van der Waals surface area contributed by atoms with E-state index in [1.165, 1.54) is 13.2 Å². The molecule has 3 rings (SSSR count). The third-order valence-corrected chi connectivity index (χ3v) is 3.96. The van der Waals surface area contributed by atoms with Crippen LogP contribution in [0, 0.1) is 0 Å². The molecule has 28 heavy (non-hydrogen) atoms. The summed E-state index contributed by atoms with van der Waals surface area (Å²) in [7, 11) is 3.07. The van der Waals surface area contributed by atoms with Crippen molar-refractivity contribution in [3.8, 4) is 22.9 Å². The standard InChI is InChI=1S/C20H17ClN2O5/c1-25-16-8-4-5-13(19(16)26-2)9-10-18(24)27-12-17-22-20(23-28-17)14-6-3-7-15(21)11-14/h3-11H,12H2,1-2H3/b10-9+. The van der Waals surface area contributed by atoms with Crippen LogP contribution in [0.25, 0.3) is 17.5 Å². The zero-order chi connectivity index (χ0) is 19.9. The van der Waals surface area contributed by atoms with Crippen molar-refractivity contribution in [1.29, 1.82) is 0 Å². The maximum Gasteiger partial charge on any atom is 0.331 e. The van der Waals surface area contributed by atoms with E-state index < -0.39 is 5.97 Å². The minimum Gasteiger partial charge on any atom is -0.493 e. The summed E-state index contributed by atoms with van der Waals surface area (Å²) in [6, 6.07) is 12.4. The number of nitrogens with zero attached hydrogens (tertiary/aromatic N) is 2. The lowest BCUT2D eigenvalue weighted by molar-refractivity contribution is -0.139. The smallest absolute Gasteiger partial charge is 0.331 e. The summed E-state index contributed by atoms with van der Waals surface area (Å²) in [6.07, 6.45) is 2.86. The predicted molar refractivity (Wildman–Crippen MR) is 103 cm³/mol. The highest BCUT2D eigenvalue weighted by atomic mass is 35.5. The SMILES string of the molecule is COc1cccc(/C=C/C(=O)OCc2nc(-c3cccc(Cl)c3)no2)c1OC. The van der Waals surface area contributed by atoms with Gasteiger partial charge in [0.2, 0.25) is 5.82 Å². The fourth-order valence-electron chi connectivity index (χ4n) is 2.44. The highest BCUT2D eigenvalue weighted by Gasteiger charge is 2.11. The first-order valence-electron chi connectivity index (χ1n) is 8.25. The number of carbonyl (C=O) groups is 1. The quantitative estimate of drug-likeness (QED) is 0.434. The lowest BCUT2D eigenvalue weighted by Crippen LogP contribution is -2.01. The van der Waals surface area contributed by atoms with Crippen molar-refractivity contribution in [1.82, 2.24) is 10.1 Å². The van der Waals surface area contributed by atoms with E-state index in [-0.39, 0.29) is 12.5 Å². The van der Waals surface area contributed by atoms with Crippen LogP contribution in [0.5, 0.6) is 11.5 Å². The molecule has 0 radical (unpaired) electrons. The van der Waals surface area contributed by atoms with Crippen LogP contribution in [-0.2, 0) is 16.1 Å². The van der Waals surface area contributed by atoms with Gasteiger partial charge in [-0.15, -0.1) is 0 Å². The molecule has 0 aliphatic carbocycles. The Morgan fingerprint density at radius 3 is 2.75 bits per heavy atom. The Hall–Kier alpha value is -3.32. The molecule has 3 aromatic rings. The van der Waals surface area contributed by atoms with Gasteiger partial charge in [-0.3, -0.25) is 0 Å². The lowest BCUT2D eigenvalue weighted by atomic mass is 10.1. The molecule has 2 aromatic carbocycles. The van der Waals surface area contributed by atoms with Crippen molar-refractivity contribution in [3.63, 3.8) is 0 Å². The molecule has 0 atom stereocenters. The number of halogens is 1. The first-order valence-corrected chi connectivity index (χ1v) is 8.63. The fourth-order valence-corrected chi connectivity index (χ4v) is 2.63. The molecular formula is C20H17ClN2O5. The van der Waals surface area contributed by atoms with Gasteiger partial charge in [0.05, 0.1) is 14.2 Å². The molecule has 8 heteroatoms. The minimum atomic E-state index is -0.563. The summed E-state index contributed by atoms with van der Waals surface area (Å²) >= 11 is 5.95. The molecule has 0 N–H and O–H groups in total. The van der Waals surface area contributed by atoms with Crippen LogP contribution < -0.4 is 9.47 Å². The van der Waals surface area contributed by atoms with Gasteiger partial charge in [-0.25, -0.2) is 4.79 Å². The molecule has 0 amide bonds. The summed E-state index contributed by atoms with van der Waals surface area (Å²) < 4.78 is 20.8. The topological polar surface area (TPSA) is 83.7 Å². The molecule has 0 fully saturated rings. The summed E-state index contributed by atoms with van der Waals surface area (Å²) in [5.74, 6) is 1.07. The Kier molecular flexibility index (Phi) is 6.29. The second-order valence-corrected chi connectivity index (χ2v) is 5.98. The average Bonchev–Trinajstić information content (AvgIpc) is 3.19. The highest BCUT2D eigenvalue weighted by Crippen LogP contribution is 2.31. The Morgan fingerprint density at radius 2 is 2.00 bits per heavy atom. The molecule has 0 saturated heterocycles. The molecule has 144 valence electrons. The Bertz CT molecular complexity index is 1000. The normalized spacial score (nSPS) is 10.8. The highest BCUT2D eigenvalue weighted by molar-refractivity contribution is 6.30. The van der Waals surface area contributed by atoms with E-state index >= 15 is 0 Å². The van der Waals surface area contributed by atoms with Crippen molar-refractivity contribution in [2.45, 2.75) is 6.61 Å². The second kappa shape index (κ2) is 9.05. The van der Waals surface area contributed by atoms with E-state index in [9.17, 15) is 4.79 Å². The molecule has 7 nitrogen and oxygen atoms in total. The largest absolute Gasteiger partial charge is 0.493 e. The van der Waals surface area contributed by atoms with Gasteiger partial charge in [-0.1, -0.05) is 41.0 Å². The van der Waals surface area contributed by atoms with Gasteiger partial charge >= 0.3 is 5.97 Å². The van der Waals surface area contributed by atoms with Crippen molar-refractivity contribution in [3.05, 3.63) is 65.0 Å². The Morgan fingerprint density at radius 1 is 1.18 bits per heavy atom. The molecule has 1 heterocycles. The predicted octanol–water partition coefficient (Wildman–Crippen LogP) is 4.16. The third kappa shape index (κ3) is 4.69. The maximum atomic E-state index is 12.0. The van der Waals surface area contributed by atoms with E-state index in [4.69, 9.17) is 30.3 Å². The molecule has 0 bridgehead atoms. The molecule has 0 aliphatic heterocycles. The summed E-state index contributed by atoms with van der Waals surface area (Å²) in [6.45, 7) is -0.147. The molecule has 0 spiro atoms. The molecule has 0 aliphatic rings. The fraction of sp³-hybridized carbons (Fsp3) is 0.150. The number of ether oxygens (including phenoxy) is 3. The maximum absolute atomic E-state index is 12.0. The van der Waals surface area contributed by atoms with Gasteiger partial charge in [0.25, 0.3) is 5.89 Å². The number of para-hydroxylation sites is 1. The number of hydrogen-bond acceptors (Lipinski definition) is 7. The summed E-state index contributed by atoms with van der Waals surface area (Å²) in [5.41, 5.74) is 1.39. The Labute approximate surface area is 166 Å². The molecule has 0 unspecified atom stereocenters. The monoisotopic (exact) mass is 400 g/mol. The van der Waals surface area contributed by atoms with Crippen LogP contribution in [0.2, 0.25) is 5.02 Å². The Balaban J connectivity index is 1.62. The molecule has 0 saturated carbocycles. The van der Waals surface area contributed by atoms with E-state index in [0.29, 0.717) is 33.5 Å². The van der Waals surface area contributed by atoms with Gasteiger partial charge in [0, 0.05) is 22.2 Å². The van der Waals surface area contributed by atoms with E-state index in [1.54, 1.807) is 55.7 Å². The number of carbonyl (C=O) groups excluding carboxylic acids is 1.